The molecule has 0 saturated heterocycles. The van der Waals surface area contributed by atoms with Crippen molar-refractivity contribution < 1.29 is 26.4 Å². The number of benzene rings is 2. The molecule has 9 heteroatoms. The lowest BCUT2D eigenvalue weighted by molar-refractivity contribution is -0.0429. The normalized spacial score (nSPS) is 12.9. The van der Waals surface area contributed by atoms with Gasteiger partial charge in [0.25, 0.3) is 0 Å². The summed E-state index contributed by atoms with van der Waals surface area (Å²) < 4.78 is 63.1. The molecule has 1 N–H and O–H groups in total. The minimum Gasteiger partial charge on any atom is -0.391 e. The molecule has 0 saturated carbocycles. The zero-order chi connectivity index (χ0) is 22.2. The smallest absolute Gasteiger partial charge is 0.391 e. The Morgan fingerprint density at radius 2 is 1.87 bits per heavy atom. The molecule has 2 aromatic carbocycles. The summed E-state index contributed by atoms with van der Waals surface area (Å²) in [5.74, 6) is 0. The lowest BCUT2D eigenvalue weighted by Gasteiger charge is -2.16. The van der Waals surface area contributed by atoms with Crippen LogP contribution < -0.4 is 4.72 Å². The first-order valence-corrected chi connectivity index (χ1v) is 10.7. The van der Waals surface area contributed by atoms with E-state index in [0.29, 0.717) is 18.6 Å². The highest BCUT2D eigenvalue weighted by atomic mass is 32.2. The van der Waals surface area contributed by atoms with Crippen molar-refractivity contribution in [2.45, 2.75) is 32.2 Å². The van der Waals surface area contributed by atoms with Gasteiger partial charge in [0.05, 0.1) is 11.4 Å². The maximum Gasteiger partial charge on any atom is 0.516 e. The monoisotopic (exact) mass is 440 g/mol. The molecular formula is C21H23F3N2O3S. The van der Waals surface area contributed by atoms with Crippen LogP contribution in [0.1, 0.15) is 36.5 Å². The molecule has 0 aromatic heterocycles. The molecule has 0 unspecified atom stereocenters. The van der Waals surface area contributed by atoms with Gasteiger partial charge in [0.1, 0.15) is 6.61 Å². The maximum atomic E-state index is 12.8. The van der Waals surface area contributed by atoms with E-state index in [0.717, 1.165) is 11.1 Å². The number of anilines is 1. The van der Waals surface area contributed by atoms with Crippen molar-refractivity contribution in [2.24, 2.45) is 5.16 Å². The molecule has 0 spiro atoms. The van der Waals surface area contributed by atoms with E-state index < -0.39 is 15.5 Å². The van der Waals surface area contributed by atoms with Crippen molar-refractivity contribution in [2.75, 3.05) is 11.3 Å². The Bertz CT molecular complexity index is 1000. The summed E-state index contributed by atoms with van der Waals surface area (Å²) in [6.45, 7) is 3.77. The largest absolute Gasteiger partial charge is 0.516 e. The van der Waals surface area contributed by atoms with Gasteiger partial charge in [0.2, 0.25) is 0 Å². The van der Waals surface area contributed by atoms with Crippen LogP contribution in [0, 0.1) is 6.92 Å². The predicted molar refractivity (Wildman–Crippen MR) is 113 cm³/mol. The molecule has 0 bridgehead atoms. The molecule has 0 amide bonds. The van der Waals surface area contributed by atoms with Crippen LogP contribution in [0.5, 0.6) is 0 Å². The molecule has 0 aliphatic heterocycles. The van der Waals surface area contributed by atoms with Crippen molar-refractivity contribution in [3.05, 3.63) is 71.3 Å². The molecule has 0 aliphatic rings. The van der Waals surface area contributed by atoms with E-state index >= 15 is 0 Å². The van der Waals surface area contributed by atoms with Crippen molar-refractivity contribution in [3.8, 4) is 0 Å². The summed E-state index contributed by atoms with van der Waals surface area (Å²) in [6.07, 6.45) is 4.64. The highest BCUT2D eigenvalue weighted by Gasteiger charge is 2.46. The van der Waals surface area contributed by atoms with E-state index in [2.05, 4.69) is 5.16 Å². The number of hydrogen-bond donors (Lipinski definition) is 1. The van der Waals surface area contributed by atoms with Crippen molar-refractivity contribution in [3.63, 3.8) is 0 Å². The lowest BCUT2D eigenvalue weighted by Crippen LogP contribution is -2.30. The Balaban J connectivity index is 2.24. The molecule has 30 heavy (non-hydrogen) atoms. The fraction of sp³-hybridized carbons (Fsp3) is 0.286. The molecule has 2 aromatic rings. The van der Waals surface area contributed by atoms with E-state index in [9.17, 15) is 21.6 Å². The molecule has 2 rings (SSSR count). The standard InChI is InChI=1S/C21H23F3N2O3S/c1-3-8-19(25-29-14-7-11-17-9-5-4-6-10-17)18-15-16(2)12-13-20(18)26-30(27,28)21(22,23)24/h4-7,9-13,15,26H,3,8,14H2,1-2H3/b11-7+,25-19+. The van der Waals surface area contributed by atoms with Crippen LogP contribution >= 0.6 is 0 Å². The van der Waals surface area contributed by atoms with Gasteiger partial charge in [-0.05, 0) is 37.1 Å². The van der Waals surface area contributed by atoms with Crippen LogP contribution in [0.3, 0.4) is 0 Å². The lowest BCUT2D eigenvalue weighted by atomic mass is 10.0. The topological polar surface area (TPSA) is 67.8 Å². The number of nitrogens with zero attached hydrogens (tertiary/aromatic N) is 1. The van der Waals surface area contributed by atoms with Crippen LogP contribution in [0.15, 0.2) is 59.8 Å². The van der Waals surface area contributed by atoms with Crippen LogP contribution in [0.25, 0.3) is 6.08 Å². The van der Waals surface area contributed by atoms with Crippen LogP contribution in [0.2, 0.25) is 0 Å². The number of sulfonamides is 1. The van der Waals surface area contributed by atoms with Gasteiger partial charge in [-0.25, -0.2) is 0 Å². The summed E-state index contributed by atoms with van der Waals surface area (Å²) in [5.41, 5.74) is -3.29. The SMILES string of the molecule is CCC/C(=N\OC/C=C/c1ccccc1)c1cc(C)ccc1NS(=O)(=O)C(F)(F)F. The quantitative estimate of drug-likeness (QED) is 0.318. The first-order valence-electron chi connectivity index (χ1n) is 9.24. The Kier molecular flexibility index (Phi) is 8.05. The van der Waals surface area contributed by atoms with Gasteiger partial charge in [0, 0.05) is 5.56 Å². The van der Waals surface area contributed by atoms with E-state index in [1.807, 2.05) is 43.3 Å². The van der Waals surface area contributed by atoms with Gasteiger partial charge in [-0.1, -0.05) is 66.5 Å². The highest BCUT2D eigenvalue weighted by molar-refractivity contribution is 7.93. The van der Waals surface area contributed by atoms with Crippen molar-refractivity contribution >= 4 is 27.5 Å². The third-order valence-electron chi connectivity index (χ3n) is 3.98. The molecule has 5 nitrogen and oxygen atoms in total. The predicted octanol–water partition coefficient (Wildman–Crippen LogP) is 5.49. The number of nitrogens with one attached hydrogen (secondary N) is 1. The second-order valence-corrected chi connectivity index (χ2v) is 8.17. The van der Waals surface area contributed by atoms with Gasteiger partial charge in [0.15, 0.2) is 0 Å². The van der Waals surface area contributed by atoms with Crippen molar-refractivity contribution in [1.82, 2.24) is 0 Å². The Morgan fingerprint density at radius 1 is 1.17 bits per heavy atom. The summed E-state index contributed by atoms with van der Waals surface area (Å²) in [4.78, 5) is 5.32. The molecule has 0 radical (unpaired) electrons. The number of hydrogen-bond acceptors (Lipinski definition) is 4. The highest BCUT2D eigenvalue weighted by Crippen LogP contribution is 2.28. The molecule has 0 atom stereocenters. The molecule has 0 heterocycles. The van der Waals surface area contributed by atoms with Crippen LogP contribution in [-0.2, 0) is 14.9 Å². The van der Waals surface area contributed by atoms with Crippen molar-refractivity contribution in [1.29, 1.82) is 0 Å². The van der Waals surface area contributed by atoms with E-state index in [-0.39, 0.29) is 17.9 Å². The fourth-order valence-corrected chi connectivity index (χ4v) is 3.14. The number of aryl methyl sites for hydroxylation is 1. The third-order valence-corrected chi connectivity index (χ3v) is 5.08. The van der Waals surface area contributed by atoms with E-state index in [4.69, 9.17) is 4.84 Å². The second-order valence-electron chi connectivity index (χ2n) is 6.50. The van der Waals surface area contributed by atoms with Crippen LogP contribution in [0.4, 0.5) is 18.9 Å². The maximum absolute atomic E-state index is 12.8. The zero-order valence-electron chi connectivity index (χ0n) is 16.6. The van der Waals surface area contributed by atoms with Gasteiger partial charge in [-0.15, -0.1) is 0 Å². The zero-order valence-corrected chi connectivity index (χ0v) is 17.4. The second kappa shape index (κ2) is 10.3. The van der Waals surface area contributed by atoms with Gasteiger partial charge in [-0.2, -0.15) is 21.6 Å². The first kappa shape index (κ1) is 23.5. The molecule has 0 aliphatic carbocycles. The Morgan fingerprint density at radius 3 is 2.50 bits per heavy atom. The third kappa shape index (κ3) is 6.62. The number of oxime groups is 1. The van der Waals surface area contributed by atoms with E-state index in [1.165, 1.54) is 12.1 Å². The average molecular weight is 440 g/mol. The molecule has 162 valence electrons. The Labute approximate surface area is 174 Å². The number of halogens is 3. The summed E-state index contributed by atoms with van der Waals surface area (Å²) in [5, 5.41) is 4.06. The number of alkyl halides is 3. The Hall–Kier alpha value is -2.81. The van der Waals surface area contributed by atoms with E-state index in [1.54, 1.807) is 23.8 Å². The van der Waals surface area contributed by atoms with Gasteiger partial charge < -0.3 is 4.84 Å². The number of rotatable bonds is 9. The minimum atomic E-state index is -5.55. The fourth-order valence-electron chi connectivity index (χ4n) is 2.56. The van der Waals surface area contributed by atoms with Gasteiger partial charge >= 0.3 is 15.5 Å². The van der Waals surface area contributed by atoms with Crippen LogP contribution in [-0.4, -0.2) is 26.2 Å². The molecule has 0 fully saturated rings. The first-order chi connectivity index (χ1) is 14.1. The summed E-state index contributed by atoms with van der Waals surface area (Å²) in [7, 11) is -5.55. The van der Waals surface area contributed by atoms with Gasteiger partial charge in [-0.3, -0.25) is 4.72 Å². The average Bonchev–Trinajstić information content (AvgIpc) is 2.68. The minimum absolute atomic E-state index is 0.150. The summed E-state index contributed by atoms with van der Waals surface area (Å²) >= 11 is 0. The summed E-state index contributed by atoms with van der Waals surface area (Å²) in [6, 6.07) is 13.9. The molecular weight excluding hydrogens is 417 g/mol.